The molecule has 0 radical (unpaired) electrons. The SMILES string of the molecule is O=C(NC/C=C\COc1cc(CN2CCCCC2)ccn1)NC1CC1. The average molecular weight is 344 g/mol. The van der Waals surface area contributed by atoms with Crippen molar-refractivity contribution in [3.63, 3.8) is 0 Å². The standard InChI is InChI=1S/C19H28N4O2/c24-19(22-17-6-7-17)21-9-2-5-13-25-18-14-16(8-10-20-18)15-23-11-3-1-4-12-23/h2,5,8,10,14,17H,1,3-4,6-7,9,11-13,15H2,(H2,21,22,24)/b5-2-. The highest BCUT2D eigenvalue weighted by atomic mass is 16.5. The lowest BCUT2D eigenvalue weighted by atomic mass is 10.1. The van der Waals surface area contributed by atoms with Crippen molar-refractivity contribution < 1.29 is 9.53 Å². The number of hydrogen-bond acceptors (Lipinski definition) is 4. The van der Waals surface area contributed by atoms with Gasteiger partial charge in [0.2, 0.25) is 5.88 Å². The van der Waals surface area contributed by atoms with E-state index in [1.54, 1.807) is 0 Å². The molecule has 2 fully saturated rings. The molecule has 1 aliphatic heterocycles. The Morgan fingerprint density at radius 3 is 2.92 bits per heavy atom. The molecule has 1 aromatic heterocycles. The molecule has 136 valence electrons. The molecule has 2 amide bonds. The first-order chi connectivity index (χ1) is 12.3. The largest absolute Gasteiger partial charge is 0.473 e. The monoisotopic (exact) mass is 344 g/mol. The van der Waals surface area contributed by atoms with E-state index in [0.717, 1.165) is 19.4 Å². The number of aromatic nitrogens is 1. The van der Waals surface area contributed by atoms with Crippen LogP contribution in [0.4, 0.5) is 4.79 Å². The number of hydrogen-bond donors (Lipinski definition) is 2. The molecule has 6 heteroatoms. The molecule has 0 atom stereocenters. The summed E-state index contributed by atoms with van der Waals surface area (Å²) in [6, 6.07) is 4.36. The van der Waals surface area contributed by atoms with Crippen LogP contribution in [0.3, 0.4) is 0 Å². The zero-order valence-electron chi connectivity index (χ0n) is 14.7. The van der Waals surface area contributed by atoms with Gasteiger partial charge < -0.3 is 15.4 Å². The van der Waals surface area contributed by atoms with Crippen LogP contribution in [0.5, 0.6) is 5.88 Å². The zero-order chi connectivity index (χ0) is 17.3. The third kappa shape index (κ3) is 6.74. The van der Waals surface area contributed by atoms with Crippen molar-refractivity contribution in [3.05, 3.63) is 36.0 Å². The number of piperidine rings is 1. The molecule has 1 aliphatic carbocycles. The molecular weight excluding hydrogens is 316 g/mol. The summed E-state index contributed by atoms with van der Waals surface area (Å²) in [5.41, 5.74) is 1.24. The van der Waals surface area contributed by atoms with E-state index in [1.807, 2.05) is 24.4 Å². The van der Waals surface area contributed by atoms with Gasteiger partial charge >= 0.3 is 6.03 Å². The highest BCUT2D eigenvalue weighted by molar-refractivity contribution is 5.74. The maximum absolute atomic E-state index is 11.4. The van der Waals surface area contributed by atoms with Gasteiger partial charge in [0.05, 0.1) is 0 Å². The van der Waals surface area contributed by atoms with Crippen LogP contribution in [0.25, 0.3) is 0 Å². The summed E-state index contributed by atoms with van der Waals surface area (Å²) in [5, 5.41) is 5.67. The smallest absolute Gasteiger partial charge is 0.315 e. The molecule has 0 spiro atoms. The number of ether oxygens (including phenoxy) is 1. The minimum atomic E-state index is -0.0971. The van der Waals surface area contributed by atoms with Crippen molar-refractivity contribution in [1.82, 2.24) is 20.5 Å². The van der Waals surface area contributed by atoms with Crippen molar-refractivity contribution >= 4 is 6.03 Å². The van der Waals surface area contributed by atoms with Crippen molar-refractivity contribution in [2.75, 3.05) is 26.2 Å². The van der Waals surface area contributed by atoms with Gasteiger partial charge in [-0.2, -0.15) is 0 Å². The Morgan fingerprint density at radius 1 is 1.28 bits per heavy atom. The van der Waals surface area contributed by atoms with E-state index in [9.17, 15) is 4.79 Å². The highest BCUT2D eigenvalue weighted by Crippen LogP contribution is 2.18. The van der Waals surface area contributed by atoms with E-state index < -0.39 is 0 Å². The topological polar surface area (TPSA) is 66.5 Å². The molecule has 3 rings (SSSR count). The predicted molar refractivity (Wildman–Crippen MR) is 97.6 cm³/mol. The van der Waals surface area contributed by atoms with Crippen molar-refractivity contribution in [2.24, 2.45) is 0 Å². The van der Waals surface area contributed by atoms with Gasteiger partial charge in [-0.1, -0.05) is 12.5 Å². The second-order valence-corrected chi connectivity index (χ2v) is 6.75. The quantitative estimate of drug-likeness (QED) is 0.711. The van der Waals surface area contributed by atoms with Crippen LogP contribution in [0, 0.1) is 0 Å². The number of pyridine rings is 1. The van der Waals surface area contributed by atoms with Gasteiger partial charge in [0.15, 0.2) is 0 Å². The number of nitrogens with zero attached hydrogens (tertiary/aromatic N) is 2. The summed E-state index contributed by atoms with van der Waals surface area (Å²) in [6.07, 6.45) is 11.7. The summed E-state index contributed by atoms with van der Waals surface area (Å²) >= 11 is 0. The molecule has 0 unspecified atom stereocenters. The van der Waals surface area contributed by atoms with Crippen molar-refractivity contribution in [1.29, 1.82) is 0 Å². The lowest BCUT2D eigenvalue weighted by molar-refractivity contribution is 0.220. The van der Waals surface area contributed by atoms with Crippen LogP contribution in [0.1, 0.15) is 37.7 Å². The fourth-order valence-electron chi connectivity index (χ4n) is 2.90. The second-order valence-electron chi connectivity index (χ2n) is 6.75. The van der Waals surface area contributed by atoms with Crippen LogP contribution in [-0.4, -0.2) is 48.2 Å². The number of nitrogens with one attached hydrogen (secondary N) is 2. The lowest BCUT2D eigenvalue weighted by Gasteiger charge is -2.26. The fraction of sp³-hybridized carbons (Fsp3) is 0.579. The Balaban J connectivity index is 1.33. The maximum Gasteiger partial charge on any atom is 0.315 e. The third-order valence-corrected chi connectivity index (χ3v) is 4.44. The number of urea groups is 1. The molecule has 2 heterocycles. The fourth-order valence-corrected chi connectivity index (χ4v) is 2.90. The number of amides is 2. The van der Waals surface area contributed by atoms with Crippen LogP contribution in [0.2, 0.25) is 0 Å². The minimum absolute atomic E-state index is 0.0971. The van der Waals surface area contributed by atoms with Gasteiger partial charge in [-0.25, -0.2) is 9.78 Å². The predicted octanol–water partition coefficient (Wildman–Crippen LogP) is 2.46. The lowest BCUT2D eigenvalue weighted by Crippen LogP contribution is -2.36. The van der Waals surface area contributed by atoms with Crippen LogP contribution in [-0.2, 0) is 6.54 Å². The molecule has 1 aromatic rings. The van der Waals surface area contributed by atoms with E-state index in [-0.39, 0.29) is 6.03 Å². The van der Waals surface area contributed by atoms with Gasteiger partial charge in [0.25, 0.3) is 0 Å². The van der Waals surface area contributed by atoms with E-state index in [4.69, 9.17) is 4.74 Å². The summed E-state index contributed by atoms with van der Waals surface area (Å²) in [4.78, 5) is 18.2. The molecule has 6 nitrogen and oxygen atoms in total. The third-order valence-electron chi connectivity index (χ3n) is 4.44. The Kier molecular flexibility index (Phi) is 6.68. The number of rotatable bonds is 8. The average Bonchev–Trinajstić information content (AvgIpc) is 3.43. The van der Waals surface area contributed by atoms with E-state index in [1.165, 1.54) is 37.9 Å². The van der Waals surface area contributed by atoms with Crippen LogP contribution >= 0.6 is 0 Å². The van der Waals surface area contributed by atoms with Gasteiger partial charge in [0.1, 0.15) is 6.61 Å². The Bertz CT molecular complexity index is 581. The number of carbonyl (C=O) groups is 1. The zero-order valence-corrected chi connectivity index (χ0v) is 14.7. The molecule has 1 saturated heterocycles. The Morgan fingerprint density at radius 2 is 2.12 bits per heavy atom. The maximum atomic E-state index is 11.4. The summed E-state index contributed by atoms with van der Waals surface area (Å²) in [6.45, 7) is 4.29. The van der Waals surface area contributed by atoms with Gasteiger partial charge in [-0.3, -0.25) is 4.90 Å². The highest BCUT2D eigenvalue weighted by Gasteiger charge is 2.22. The first kappa shape index (κ1) is 17.7. The Labute approximate surface area is 149 Å². The molecule has 0 bridgehead atoms. The summed E-state index contributed by atoms with van der Waals surface area (Å²) in [5.74, 6) is 0.651. The molecule has 1 saturated carbocycles. The molecular formula is C19H28N4O2. The second kappa shape index (κ2) is 9.42. The van der Waals surface area contributed by atoms with Gasteiger partial charge in [-0.05, 0) is 56.5 Å². The van der Waals surface area contributed by atoms with Gasteiger partial charge in [0, 0.05) is 31.4 Å². The molecule has 2 aliphatic rings. The van der Waals surface area contributed by atoms with Crippen molar-refractivity contribution in [3.8, 4) is 5.88 Å². The van der Waals surface area contributed by atoms with E-state index in [0.29, 0.717) is 25.1 Å². The first-order valence-corrected chi connectivity index (χ1v) is 9.29. The summed E-state index contributed by atoms with van der Waals surface area (Å²) < 4.78 is 5.67. The van der Waals surface area contributed by atoms with Gasteiger partial charge in [-0.15, -0.1) is 0 Å². The number of carbonyl (C=O) groups excluding carboxylic acids is 1. The molecule has 25 heavy (non-hydrogen) atoms. The number of likely N-dealkylation sites (tertiary alicyclic amines) is 1. The van der Waals surface area contributed by atoms with E-state index >= 15 is 0 Å². The molecule has 2 N–H and O–H groups in total. The normalized spacial score (nSPS) is 18.2. The minimum Gasteiger partial charge on any atom is -0.473 e. The van der Waals surface area contributed by atoms with Crippen LogP contribution < -0.4 is 15.4 Å². The Hall–Kier alpha value is -2.08. The molecule has 0 aromatic carbocycles. The van der Waals surface area contributed by atoms with Crippen molar-refractivity contribution in [2.45, 2.75) is 44.7 Å². The first-order valence-electron chi connectivity index (χ1n) is 9.29. The van der Waals surface area contributed by atoms with Crippen LogP contribution in [0.15, 0.2) is 30.5 Å². The van der Waals surface area contributed by atoms with E-state index in [2.05, 4.69) is 26.6 Å². The summed E-state index contributed by atoms with van der Waals surface area (Å²) in [7, 11) is 0.